The van der Waals surface area contributed by atoms with E-state index in [0.29, 0.717) is 22.9 Å². The van der Waals surface area contributed by atoms with Gasteiger partial charge in [-0.05, 0) is 55.0 Å². The molecule has 1 fully saturated rings. The highest BCUT2D eigenvalue weighted by Crippen LogP contribution is 2.28. The molecule has 11 nitrogen and oxygen atoms in total. The monoisotopic (exact) mass is 557 g/mol. The molecular formula is C28H31N9O2S. The fourth-order valence-electron chi connectivity index (χ4n) is 5.11. The smallest absolute Gasteiger partial charge is 0.246 e. The molecule has 4 aromatic heterocycles. The maximum atomic E-state index is 12.6. The molecule has 1 saturated heterocycles. The fourth-order valence-corrected chi connectivity index (χ4v) is 5.77. The van der Waals surface area contributed by atoms with E-state index in [0.717, 1.165) is 47.5 Å². The van der Waals surface area contributed by atoms with Crippen molar-refractivity contribution in [3.05, 3.63) is 67.0 Å². The van der Waals surface area contributed by atoms with Crippen LogP contribution < -0.4 is 15.4 Å². The van der Waals surface area contributed by atoms with Crippen LogP contribution in [-0.4, -0.2) is 59.5 Å². The summed E-state index contributed by atoms with van der Waals surface area (Å²) < 4.78 is 13.5. The van der Waals surface area contributed by atoms with Crippen molar-refractivity contribution in [3.8, 4) is 17.0 Å². The lowest BCUT2D eigenvalue weighted by Crippen LogP contribution is -2.33. The molecule has 1 aliphatic heterocycles. The summed E-state index contributed by atoms with van der Waals surface area (Å²) in [7, 11) is 1.57. The summed E-state index contributed by atoms with van der Waals surface area (Å²) in [6.07, 6.45) is 11.5. The van der Waals surface area contributed by atoms with Crippen molar-refractivity contribution in [2.75, 3.05) is 30.8 Å². The van der Waals surface area contributed by atoms with Crippen LogP contribution in [0.2, 0.25) is 0 Å². The van der Waals surface area contributed by atoms with Crippen molar-refractivity contribution in [2.24, 2.45) is 5.92 Å². The third kappa shape index (κ3) is 5.68. The Hall–Kier alpha value is -4.29. The lowest BCUT2D eigenvalue weighted by atomic mass is 10.0. The van der Waals surface area contributed by atoms with Gasteiger partial charge in [-0.15, -0.1) is 0 Å². The number of methoxy groups -OCH3 is 1. The largest absolute Gasteiger partial charge is 0.495 e. The highest BCUT2D eigenvalue weighted by molar-refractivity contribution is 7.10. The van der Waals surface area contributed by atoms with Crippen LogP contribution >= 0.6 is 11.5 Å². The van der Waals surface area contributed by atoms with Crippen LogP contribution in [0.4, 0.5) is 16.5 Å². The number of ether oxygens (including phenoxy) is 1. The van der Waals surface area contributed by atoms with E-state index in [1.54, 1.807) is 42.5 Å². The molecule has 6 rings (SSSR count). The quantitative estimate of drug-likeness (QED) is 0.269. The molecule has 0 bridgehead atoms. The Balaban J connectivity index is 1.14. The number of nitrogens with zero attached hydrogens (tertiary/aromatic N) is 7. The first kappa shape index (κ1) is 26.0. The van der Waals surface area contributed by atoms with Gasteiger partial charge in [-0.1, -0.05) is 19.1 Å². The molecule has 40 heavy (non-hydrogen) atoms. The predicted octanol–water partition coefficient (Wildman–Crippen LogP) is 4.67. The van der Waals surface area contributed by atoms with Crippen molar-refractivity contribution in [3.63, 3.8) is 0 Å². The van der Waals surface area contributed by atoms with Gasteiger partial charge in [-0.2, -0.15) is 9.47 Å². The SMILES string of the molecule is COc1ccccc1NC(=O)Cn1cc(-c2cnc3c(Nc4cc(CN5CCCC(C)C5)ns4)nccn23)cn1. The Morgan fingerprint density at radius 1 is 1.23 bits per heavy atom. The minimum Gasteiger partial charge on any atom is -0.495 e. The van der Waals surface area contributed by atoms with Gasteiger partial charge in [-0.3, -0.25) is 18.8 Å². The van der Waals surface area contributed by atoms with Crippen molar-refractivity contribution >= 4 is 39.6 Å². The van der Waals surface area contributed by atoms with Crippen LogP contribution in [0.25, 0.3) is 16.9 Å². The van der Waals surface area contributed by atoms with E-state index < -0.39 is 0 Å². The molecule has 2 N–H and O–H groups in total. The van der Waals surface area contributed by atoms with E-state index in [1.165, 1.54) is 24.4 Å². The first-order valence-electron chi connectivity index (χ1n) is 13.3. The number of fused-ring (bicyclic) bond motifs is 1. The number of para-hydroxylation sites is 2. The molecule has 12 heteroatoms. The van der Waals surface area contributed by atoms with Gasteiger partial charge >= 0.3 is 0 Å². The molecule has 5 aromatic rings. The van der Waals surface area contributed by atoms with Crippen LogP contribution in [-0.2, 0) is 17.9 Å². The number of rotatable bonds is 9. The number of aromatic nitrogens is 6. The number of hydrogen-bond donors (Lipinski definition) is 2. The number of hydrogen-bond acceptors (Lipinski definition) is 9. The number of nitrogens with one attached hydrogen (secondary N) is 2. The third-order valence-corrected chi connectivity index (χ3v) is 7.71. The molecule has 0 spiro atoms. The summed E-state index contributed by atoms with van der Waals surface area (Å²) in [5.41, 5.74) is 4.07. The number of likely N-dealkylation sites (tertiary alicyclic amines) is 1. The first-order valence-corrected chi connectivity index (χ1v) is 14.1. The van der Waals surface area contributed by atoms with Gasteiger partial charge in [0.05, 0.1) is 36.6 Å². The highest BCUT2D eigenvalue weighted by atomic mass is 32.1. The second kappa shape index (κ2) is 11.4. The van der Waals surface area contributed by atoms with Crippen molar-refractivity contribution in [1.82, 2.24) is 33.4 Å². The molecule has 0 aliphatic carbocycles. The van der Waals surface area contributed by atoms with Crippen molar-refractivity contribution in [1.29, 1.82) is 0 Å². The second-order valence-corrected chi connectivity index (χ2v) is 10.9. The topological polar surface area (TPSA) is 114 Å². The van der Waals surface area contributed by atoms with Gasteiger partial charge in [0.2, 0.25) is 5.91 Å². The van der Waals surface area contributed by atoms with E-state index in [2.05, 4.69) is 48.0 Å². The zero-order chi connectivity index (χ0) is 27.5. The Kier molecular flexibility index (Phi) is 7.43. The molecule has 5 heterocycles. The van der Waals surface area contributed by atoms with Gasteiger partial charge in [0, 0.05) is 37.2 Å². The number of carbonyl (C=O) groups is 1. The normalized spacial score (nSPS) is 15.8. The molecule has 1 amide bonds. The molecule has 206 valence electrons. The average Bonchev–Trinajstić information content (AvgIpc) is 3.69. The van der Waals surface area contributed by atoms with Crippen LogP contribution in [0.15, 0.2) is 61.3 Å². The number of imidazole rings is 1. The predicted molar refractivity (Wildman–Crippen MR) is 155 cm³/mol. The molecule has 1 aliphatic rings. The lowest BCUT2D eigenvalue weighted by Gasteiger charge is -2.30. The Labute approximate surface area is 236 Å². The highest BCUT2D eigenvalue weighted by Gasteiger charge is 2.18. The van der Waals surface area contributed by atoms with Gasteiger partial charge in [0.15, 0.2) is 11.5 Å². The van der Waals surface area contributed by atoms with Crippen LogP contribution in [0.5, 0.6) is 5.75 Å². The Morgan fingerprint density at radius 3 is 3.00 bits per heavy atom. The summed E-state index contributed by atoms with van der Waals surface area (Å²) in [5.74, 6) is 1.79. The first-order chi connectivity index (χ1) is 19.6. The van der Waals surface area contributed by atoms with Gasteiger partial charge in [0.25, 0.3) is 0 Å². The minimum absolute atomic E-state index is 0.0627. The van der Waals surface area contributed by atoms with Crippen LogP contribution in [0.3, 0.4) is 0 Å². The van der Waals surface area contributed by atoms with Gasteiger partial charge in [0.1, 0.15) is 17.3 Å². The van der Waals surface area contributed by atoms with E-state index in [4.69, 9.17) is 4.74 Å². The van der Waals surface area contributed by atoms with Crippen LogP contribution in [0.1, 0.15) is 25.5 Å². The van der Waals surface area contributed by atoms with Crippen molar-refractivity contribution < 1.29 is 9.53 Å². The summed E-state index contributed by atoms with van der Waals surface area (Å²) in [6.45, 7) is 5.50. The third-order valence-electron chi connectivity index (χ3n) is 6.97. The average molecular weight is 558 g/mol. The molecule has 1 unspecified atom stereocenters. The van der Waals surface area contributed by atoms with Gasteiger partial charge < -0.3 is 15.4 Å². The number of piperidine rings is 1. The molecule has 1 atom stereocenters. The maximum Gasteiger partial charge on any atom is 0.246 e. The van der Waals surface area contributed by atoms with E-state index >= 15 is 0 Å². The molecule has 0 saturated carbocycles. The summed E-state index contributed by atoms with van der Waals surface area (Å²) in [5, 5.41) is 11.6. The van der Waals surface area contributed by atoms with E-state index in [1.807, 2.05) is 28.9 Å². The van der Waals surface area contributed by atoms with E-state index in [-0.39, 0.29) is 12.5 Å². The van der Waals surface area contributed by atoms with Crippen molar-refractivity contribution in [2.45, 2.75) is 32.9 Å². The number of anilines is 3. The fraction of sp³-hybridized carbons (Fsp3) is 0.321. The minimum atomic E-state index is -0.202. The van der Waals surface area contributed by atoms with Gasteiger partial charge in [-0.25, -0.2) is 9.97 Å². The summed E-state index contributed by atoms with van der Waals surface area (Å²) in [4.78, 5) is 24.3. The standard InChI is InChI=1S/C28H31N9O2S/c1-19-6-5-10-35(15-19)17-21-12-26(40-34-21)33-27-28-30-14-23(37(28)11-9-29-27)20-13-31-36(16-20)18-25(38)32-22-7-3-4-8-24(22)39-2/h3-4,7-9,11-14,16,19H,5-6,10,15,17-18H2,1-2H3,(H,29,33)(H,32,38). The lowest BCUT2D eigenvalue weighted by molar-refractivity contribution is -0.116. The van der Waals surface area contributed by atoms with Crippen LogP contribution in [0, 0.1) is 5.92 Å². The molecular weight excluding hydrogens is 526 g/mol. The molecule has 0 radical (unpaired) electrons. The summed E-state index contributed by atoms with van der Waals surface area (Å²) >= 11 is 1.43. The summed E-state index contributed by atoms with van der Waals surface area (Å²) in [6, 6.07) is 9.39. The Morgan fingerprint density at radius 2 is 2.12 bits per heavy atom. The number of carbonyl (C=O) groups excluding carboxylic acids is 1. The zero-order valence-electron chi connectivity index (χ0n) is 22.4. The zero-order valence-corrected chi connectivity index (χ0v) is 23.3. The Bertz CT molecular complexity index is 1620. The van der Waals surface area contributed by atoms with E-state index in [9.17, 15) is 4.79 Å². The number of amides is 1. The second-order valence-electron chi connectivity index (χ2n) is 10.1. The molecule has 1 aromatic carbocycles. The maximum absolute atomic E-state index is 12.6. The number of benzene rings is 1.